The fraction of sp³-hybridized carbons (Fsp3) is 0.273. The first-order chi connectivity index (χ1) is 12.8. The summed E-state index contributed by atoms with van der Waals surface area (Å²) in [4.78, 5) is 25.8. The number of hydrogen-bond acceptors (Lipinski definition) is 3. The molecule has 1 aliphatic rings. The Morgan fingerprint density at radius 3 is 2.37 bits per heavy atom. The van der Waals surface area contributed by atoms with Crippen molar-refractivity contribution >= 4 is 23.6 Å². The van der Waals surface area contributed by atoms with Crippen molar-refractivity contribution in [3.05, 3.63) is 64.9 Å². The van der Waals surface area contributed by atoms with Crippen LogP contribution in [0.25, 0.3) is 6.08 Å². The quantitative estimate of drug-likeness (QED) is 0.818. The second-order valence-corrected chi connectivity index (χ2v) is 7.09. The Hall–Kier alpha value is -3.08. The van der Waals surface area contributed by atoms with E-state index in [2.05, 4.69) is 13.8 Å². The molecule has 0 radical (unpaired) electrons. The van der Waals surface area contributed by atoms with Gasteiger partial charge in [0, 0.05) is 0 Å². The molecular formula is C22H23NO4. The van der Waals surface area contributed by atoms with E-state index >= 15 is 0 Å². The molecule has 1 amide bonds. The molecule has 0 bridgehead atoms. The van der Waals surface area contributed by atoms with Crippen LogP contribution < -0.4 is 9.64 Å². The summed E-state index contributed by atoms with van der Waals surface area (Å²) >= 11 is 0. The van der Waals surface area contributed by atoms with Gasteiger partial charge in [-0.1, -0.05) is 44.2 Å². The lowest BCUT2D eigenvalue weighted by atomic mass is 10.0. The summed E-state index contributed by atoms with van der Waals surface area (Å²) < 4.78 is 5.82. The maximum Gasteiger partial charge on any atom is 0.326 e. The summed E-state index contributed by atoms with van der Waals surface area (Å²) in [5.41, 5.74) is 3.42. The van der Waals surface area contributed by atoms with Crippen LogP contribution in [0.5, 0.6) is 5.75 Å². The van der Waals surface area contributed by atoms with E-state index < -0.39 is 17.9 Å². The molecule has 27 heavy (non-hydrogen) atoms. The minimum Gasteiger partial charge on any atom is -0.480 e. The Balaban J connectivity index is 2.03. The number of amides is 1. The van der Waals surface area contributed by atoms with E-state index in [4.69, 9.17) is 4.74 Å². The fourth-order valence-corrected chi connectivity index (χ4v) is 3.01. The van der Waals surface area contributed by atoms with E-state index in [0.717, 1.165) is 11.1 Å². The Bertz CT molecular complexity index is 912. The molecule has 2 aromatic rings. The number of nitrogens with zero attached hydrogens (tertiary/aromatic N) is 1. The maximum absolute atomic E-state index is 13.0. The lowest BCUT2D eigenvalue weighted by molar-refractivity contribution is -0.139. The predicted octanol–water partition coefficient (Wildman–Crippen LogP) is 4.36. The zero-order valence-corrected chi connectivity index (χ0v) is 15.9. The van der Waals surface area contributed by atoms with Crippen LogP contribution in [0.4, 0.5) is 5.69 Å². The number of ether oxygens (including phenoxy) is 1. The third-order valence-corrected chi connectivity index (χ3v) is 4.67. The number of carboxylic acids is 1. The molecule has 1 N–H and O–H groups in total. The smallest absolute Gasteiger partial charge is 0.326 e. The normalized spacial score (nSPS) is 16.3. The molecule has 0 fully saturated rings. The summed E-state index contributed by atoms with van der Waals surface area (Å²) in [5, 5.41) is 9.45. The number of carbonyl (C=O) groups excluding carboxylic acids is 1. The van der Waals surface area contributed by atoms with E-state index in [1.807, 2.05) is 37.3 Å². The molecule has 1 atom stereocenters. The zero-order valence-electron chi connectivity index (χ0n) is 15.9. The average molecular weight is 365 g/mol. The number of carbonyl (C=O) groups is 2. The summed E-state index contributed by atoms with van der Waals surface area (Å²) in [6, 6.07) is 12.3. The van der Waals surface area contributed by atoms with Crippen LogP contribution in [-0.4, -0.2) is 23.0 Å². The molecule has 0 saturated carbocycles. The highest BCUT2D eigenvalue weighted by Crippen LogP contribution is 2.37. The number of carboxylic acid groups (broad SMARTS) is 1. The van der Waals surface area contributed by atoms with Gasteiger partial charge in [0.05, 0.1) is 5.69 Å². The van der Waals surface area contributed by atoms with Crippen LogP contribution in [0, 0.1) is 6.92 Å². The second-order valence-electron chi connectivity index (χ2n) is 7.09. The van der Waals surface area contributed by atoms with Gasteiger partial charge in [-0.15, -0.1) is 0 Å². The standard InChI is InChI=1S/C22H23NO4/c1-13(2)17-8-6-16(7-9-17)12-20-21(24)23(15(4)22(25)26)18-11-14(3)5-10-19(18)27-20/h5-13,15H,1-4H3,(H,25,26)/b20-12+. The van der Waals surface area contributed by atoms with E-state index in [0.29, 0.717) is 17.4 Å². The highest BCUT2D eigenvalue weighted by molar-refractivity contribution is 6.12. The third kappa shape index (κ3) is 3.72. The van der Waals surface area contributed by atoms with Gasteiger partial charge in [-0.3, -0.25) is 9.69 Å². The van der Waals surface area contributed by atoms with Gasteiger partial charge in [-0.05, 0) is 54.7 Å². The zero-order chi connectivity index (χ0) is 19.7. The molecule has 1 heterocycles. The second kappa shape index (κ2) is 7.27. The van der Waals surface area contributed by atoms with E-state index in [-0.39, 0.29) is 5.76 Å². The lowest BCUT2D eigenvalue weighted by Gasteiger charge is -2.33. The van der Waals surface area contributed by atoms with Gasteiger partial charge in [0.25, 0.3) is 5.91 Å². The van der Waals surface area contributed by atoms with Gasteiger partial charge in [0.15, 0.2) is 11.5 Å². The molecule has 3 rings (SSSR count). The minimum atomic E-state index is -1.07. The van der Waals surface area contributed by atoms with Crippen molar-refractivity contribution in [2.24, 2.45) is 0 Å². The van der Waals surface area contributed by atoms with Crippen LogP contribution in [0.1, 0.15) is 43.4 Å². The van der Waals surface area contributed by atoms with Crippen molar-refractivity contribution in [2.75, 3.05) is 4.90 Å². The monoisotopic (exact) mass is 365 g/mol. The summed E-state index contributed by atoms with van der Waals surface area (Å²) in [5.74, 6) is -0.536. The number of benzene rings is 2. The van der Waals surface area contributed by atoms with Gasteiger partial charge in [0.1, 0.15) is 6.04 Å². The Labute approximate surface area is 158 Å². The molecule has 5 nitrogen and oxygen atoms in total. The molecule has 5 heteroatoms. The van der Waals surface area contributed by atoms with Crippen LogP contribution in [0.15, 0.2) is 48.2 Å². The summed E-state index contributed by atoms with van der Waals surface area (Å²) in [7, 11) is 0. The van der Waals surface area contributed by atoms with E-state index in [9.17, 15) is 14.7 Å². The number of hydrogen-bond donors (Lipinski definition) is 1. The first-order valence-electron chi connectivity index (χ1n) is 8.94. The van der Waals surface area contributed by atoms with Crippen molar-refractivity contribution in [1.82, 2.24) is 0 Å². The third-order valence-electron chi connectivity index (χ3n) is 4.67. The van der Waals surface area contributed by atoms with Gasteiger partial charge < -0.3 is 9.84 Å². The van der Waals surface area contributed by atoms with Crippen molar-refractivity contribution < 1.29 is 19.4 Å². The maximum atomic E-state index is 13.0. The van der Waals surface area contributed by atoms with Crippen LogP contribution in [0.2, 0.25) is 0 Å². The molecule has 0 aromatic heterocycles. The molecule has 1 aliphatic heterocycles. The van der Waals surface area contributed by atoms with E-state index in [1.54, 1.807) is 18.2 Å². The van der Waals surface area contributed by atoms with Crippen molar-refractivity contribution in [3.63, 3.8) is 0 Å². The van der Waals surface area contributed by atoms with Crippen molar-refractivity contribution in [2.45, 2.75) is 39.7 Å². The topological polar surface area (TPSA) is 66.8 Å². The van der Waals surface area contributed by atoms with Crippen molar-refractivity contribution in [3.8, 4) is 5.75 Å². The van der Waals surface area contributed by atoms with Crippen LogP contribution in [-0.2, 0) is 9.59 Å². The Morgan fingerprint density at radius 2 is 1.78 bits per heavy atom. The van der Waals surface area contributed by atoms with Gasteiger partial charge in [-0.2, -0.15) is 0 Å². The first kappa shape index (κ1) is 18.7. The van der Waals surface area contributed by atoms with Crippen LogP contribution >= 0.6 is 0 Å². The SMILES string of the molecule is Cc1ccc2c(c1)N(C(C)C(=O)O)C(=O)/C(=C\c1ccc(C(C)C)cc1)O2. The Kier molecular flexibility index (Phi) is 5.04. The minimum absolute atomic E-state index is 0.108. The molecule has 0 saturated heterocycles. The number of fused-ring (bicyclic) bond motifs is 1. The highest BCUT2D eigenvalue weighted by Gasteiger charge is 2.36. The summed E-state index contributed by atoms with van der Waals surface area (Å²) in [6.07, 6.45) is 1.65. The predicted molar refractivity (Wildman–Crippen MR) is 105 cm³/mol. The molecule has 0 spiro atoms. The van der Waals surface area contributed by atoms with Crippen molar-refractivity contribution in [1.29, 1.82) is 0 Å². The summed E-state index contributed by atoms with van der Waals surface area (Å²) in [6.45, 7) is 7.61. The fourth-order valence-electron chi connectivity index (χ4n) is 3.01. The number of aryl methyl sites for hydroxylation is 1. The molecule has 1 unspecified atom stereocenters. The first-order valence-corrected chi connectivity index (χ1v) is 8.94. The van der Waals surface area contributed by atoms with Gasteiger partial charge in [0.2, 0.25) is 0 Å². The Morgan fingerprint density at radius 1 is 1.11 bits per heavy atom. The van der Waals surface area contributed by atoms with Gasteiger partial charge in [-0.25, -0.2) is 4.79 Å². The average Bonchev–Trinajstić information content (AvgIpc) is 2.62. The molecule has 2 aromatic carbocycles. The number of anilines is 1. The molecular weight excluding hydrogens is 342 g/mol. The highest BCUT2D eigenvalue weighted by atomic mass is 16.5. The number of aliphatic carboxylic acids is 1. The van der Waals surface area contributed by atoms with Crippen LogP contribution in [0.3, 0.4) is 0 Å². The lowest BCUT2D eigenvalue weighted by Crippen LogP contribution is -2.47. The number of rotatable bonds is 4. The largest absolute Gasteiger partial charge is 0.480 e. The van der Waals surface area contributed by atoms with Gasteiger partial charge >= 0.3 is 5.97 Å². The molecule has 140 valence electrons. The molecule has 0 aliphatic carbocycles. The van der Waals surface area contributed by atoms with E-state index in [1.165, 1.54) is 17.4 Å².